The van der Waals surface area contributed by atoms with Crippen molar-refractivity contribution in [3.63, 3.8) is 0 Å². The number of likely N-dealkylation sites (tertiary alicyclic amines) is 1. The lowest BCUT2D eigenvalue weighted by Crippen LogP contribution is -2.36. The molecule has 0 saturated carbocycles. The van der Waals surface area contributed by atoms with Crippen LogP contribution in [-0.4, -0.2) is 57.3 Å². The number of fused-ring (bicyclic) bond motifs is 1. The van der Waals surface area contributed by atoms with E-state index in [0.717, 1.165) is 79.5 Å². The van der Waals surface area contributed by atoms with Crippen LogP contribution in [-0.2, 0) is 22.6 Å². The molecule has 1 saturated heterocycles. The van der Waals surface area contributed by atoms with Crippen molar-refractivity contribution in [1.29, 1.82) is 0 Å². The first-order chi connectivity index (χ1) is 16.4. The van der Waals surface area contributed by atoms with Crippen molar-refractivity contribution in [2.24, 2.45) is 0 Å². The Morgan fingerprint density at radius 2 is 2.21 bits per heavy atom. The molecular formula is C25H36FN5O2S. The van der Waals surface area contributed by atoms with Gasteiger partial charge in [0.05, 0.1) is 18.3 Å². The van der Waals surface area contributed by atoms with Gasteiger partial charge in [-0.05, 0) is 57.7 Å². The van der Waals surface area contributed by atoms with Gasteiger partial charge in [-0.2, -0.15) is 4.39 Å². The summed E-state index contributed by atoms with van der Waals surface area (Å²) < 4.78 is 16.0. The molecule has 2 aromatic heterocycles. The average Bonchev–Trinajstić information content (AvgIpc) is 3.52. The Balaban J connectivity index is 1.43. The number of nitrogens with one attached hydrogen (secondary N) is 1. The normalized spacial score (nSPS) is 20.2. The maximum absolute atomic E-state index is 13.5. The molecule has 0 radical (unpaired) electrons. The van der Waals surface area contributed by atoms with Crippen LogP contribution in [0.5, 0.6) is 0 Å². The second-order valence-electron chi connectivity index (χ2n) is 9.51. The smallest absolute Gasteiger partial charge is 0.219 e. The number of thiophene rings is 1. The molecular weight excluding hydrogens is 453 g/mol. The Labute approximate surface area is 205 Å². The summed E-state index contributed by atoms with van der Waals surface area (Å²) in [5.74, 6) is 1.15. The fourth-order valence-corrected chi connectivity index (χ4v) is 6.54. The predicted molar refractivity (Wildman–Crippen MR) is 131 cm³/mol. The Morgan fingerprint density at radius 1 is 1.38 bits per heavy atom. The van der Waals surface area contributed by atoms with E-state index in [2.05, 4.69) is 28.6 Å². The van der Waals surface area contributed by atoms with Gasteiger partial charge >= 0.3 is 0 Å². The zero-order valence-electron chi connectivity index (χ0n) is 20.4. The number of hydrogen-bond acceptors (Lipinski definition) is 5. The second kappa shape index (κ2) is 11.0. The van der Waals surface area contributed by atoms with Gasteiger partial charge in [0.2, 0.25) is 12.3 Å². The second-order valence-corrected chi connectivity index (χ2v) is 10.6. The van der Waals surface area contributed by atoms with Crippen molar-refractivity contribution >= 4 is 23.7 Å². The molecule has 3 unspecified atom stereocenters. The van der Waals surface area contributed by atoms with Crippen LogP contribution in [0.1, 0.15) is 80.1 Å². The number of carbonyl (C=O) groups excluding carboxylic acids is 2. The van der Waals surface area contributed by atoms with Gasteiger partial charge in [-0.15, -0.1) is 11.3 Å². The summed E-state index contributed by atoms with van der Waals surface area (Å²) in [6.45, 7) is 9.26. The summed E-state index contributed by atoms with van der Waals surface area (Å²) >= 11 is 1.11. The Morgan fingerprint density at radius 3 is 2.88 bits per heavy atom. The van der Waals surface area contributed by atoms with Crippen LogP contribution in [0.15, 0.2) is 12.1 Å². The van der Waals surface area contributed by atoms with Gasteiger partial charge in [0.1, 0.15) is 5.82 Å². The molecule has 4 rings (SSSR count). The maximum atomic E-state index is 13.5. The highest BCUT2D eigenvalue weighted by Crippen LogP contribution is 2.33. The third-order valence-corrected chi connectivity index (χ3v) is 8.45. The maximum Gasteiger partial charge on any atom is 0.219 e. The summed E-state index contributed by atoms with van der Waals surface area (Å²) in [5.41, 5.74) is 2.34. The van der Waals surface area contributed by atoms with E-state index >= 15 is 0 Å². The van der Waals surface area contributed by atoms with Crippen LogP contribution < -0.4 is 5.32 Å². The zero-order valence-corrected chi connectivity index (χ0v) is 21.2. The first kappa shape index (κ1) is 24.9. The highest BCUT2D eigenvalue weighted by Gasteiger charge is 2.31. The molecule has 34 heavy (non-hydrogen) atoms. The summed E-state index contributed by atoms with van der Waals surface area (Å²) in [5, 5.41) is 2.66. The van der Waals surface area contributed by atoms with Gasteiger partial charge in [0.25, 0.3) is 0 Å². The molecule has 1 fully saturated rings. The van der Waals surface area contributed by atoms with Crippen molar-refractivity contribution < 1.29 is 14.0 Å². The highest BCUT2D eigenvalue weighted by molar-refractivity contribution is 7.10. The predicted octanol–water partition coefficient (Wildman–Crippen LogP) is 3.98. The average molecular weight is 490 g/mol. The molecule has 3 atom stereocenters. The Hall–Kier alpha value is -2.26. The van der Waals surface area contributed by atoms with E-state index < -0.39 is 0 Å². The molecule has 2 aliphatic rings. The molecule has 2 amide bonds. The third-order valence-electron chi connectivity index (χ3n) is 7.47. The van der Waals surface area contributed by atoms with Crippen LogP contribution in [0.3, 0.4) is 0 Å². The molecule has 4 heterocycles. The summed E-state index contributed by atoms with van der Waals surface area (Å²) in [6.07, 6.45) is 6.79. The van der Waals surface area contributed by atoms with Gasteiger partial charge in [-0.3, -0.25) is 9.59 Å². The number of imidazole rings is 1. The number of carbonyl (C=O) groups is 2. The number of aryl methyl sites for hydroxylation is 1. The molecule has 7 nitrogen and oxygen atoms in total. The van der Waals surface area contributed by atoms with E-state index in [9.17, 15) is 14.0 Å². The van der Waals surface area contributed by atoms with E-state index in [4.69, 9.17) is 4.98 Å². The van der Waals surface area contributed by atoms with Gasteiger partial charge in [-0.25, -0.2) is 4.98 Å². The van der Waals surface area contributed by atoms with Gasteiger partial charge in [-0.1, -0.05) is 6.92 Å². The Bertz CT molecular complexity index is 1010. The lowest BCUT2D eigenvalue weighted by atomic mass is 10.0. The molecule has 1 N–H and O–H groups in total. The van der Waals surface area contributed by atoms with Crippen molar-refractivity contribution in [2.75, 3.05) is 19.6 Å². The number of amides is 2. The van der Waals surface area contributed by atoms with Crippen LogP contribution in [0.25, 0.3) is 0 Å². The van der Waals surface area contributed by atoms with Crippen LogP contribution in [0.4, 0.5) is 4.39 Å². The molecule has 2 aromatic rings. The van der Waals surface area contributed by atoms with E-state index in [1.165, 1.54) is 24.6 Å². The minimum Gasteiger partial charge on any atom is -0.351 e. The van der Waals surface area contributed by atoms with Gasteiger partial charge < -0.3 is 19.7 Å². The lowest BCUT2D eigenvalue weighted by Gasteiger charge is -2.32. The van der Waals surface area contributed by atoms with Gasteiger partial charge in [0.15, 0.2) is 5.13 Å². The first-order valence-corrected chi connectivity index (χ1v) is 13.2. The minimum absolute atomic E-state index is 0.110. The fourth-order valence-electron chi connectivity index (χ4n) is 5.72. The SMILES string of the molecule is CCC(CC1CCCN1CCC(NC=O)c1ccc(F)s1)n1c(C)nc2c1CCN(C(C)=O)C2. The zero-order chi connectivity index (χ0) is 24.2. The molecule has 186 valence electrons. The number of rotatable bonds is 10. The molecule has 0 aromatic carbocycles. The van der Waals surface area contributed by atoms with Crippen molar-refractivity contribution in [3.8, 4) is 0 Å². The monoisotopic (exact) mass is 489 g/mol. The largest absolute Gasteiger partial charge is 0.351 e. The number of halogens is 1. The van der Waals surface area contributed by atoms with Crippen LogP contribution >= 0.6 is 11.3 Å². The van der Waals surface area contributed by atoms with E-state index in [0.29, 0.717) is 18.6 Å². The molecule has 9 heteroatoms. The van der Waals surface area contributed by atoms with Crippen molar-refractivity contribution in [1.82, 2.24) is 24.7 Å². The highest BCUT2D eigenvalue weighted by atomic mass is 32.1. The van der Waals surface area contributed by atoms with E-state index in [1.807, 2.05) is 4.90 Å². The standard InChI is InChI=1S/C25H36FN5O2S/c1-4-19(31-17(2)28-22-15-30(18(3)33)13-10-23(22)31)14-20-6-5-11-29(20)12-9-21(27-16-32)24-7-8-25(26)34-24/h7-8,16,19-21H,4-6,9-15H2,1-3H3,(H,27,32). The van der Waals surface area contributed by atoms with E-state index in [-0.39, 0.29) is 17.1 Å². The lowest BCUT2D eigenvalue weighted by molar-refractivity contribution is -0.129. The molecule has 0 spiro atoms. The quantitative estimate of drug-likeness (QED) is 0.513. The van der Waals surface area contributed by atoms with E-state index in [1.54, 1.807) is 13.0 Å². The summed E-state index contributed by atoms with van der Waals surface area (Å²) in [7, 11) is 0. The van der Waals surface area contributed by atoms with Gasteiger partial charge in [0, 0.05) is 49.1 Å². The molecule has 2 aliphatic heterocycles. The summed E-state index contributed by atoms with van der Waals surface area (Å²) in [6, 6.07) is 3.95. The van der Waals surface area contributed by atoms with Crippen LogP contribution in [0.2, 0.25) is 0 Å². The first-order valence-electron chi connectivity index (χ1n) is 12.4. The number of aromatic nitrogens is 2. The fraction of sp³-hybridized carbons (Fsp3) is 0.640. The third kappa shape index (κ3) is 5.35. The molecule has 0 bridgehead atoms. The Kier molecular flexibility index (Phi) is 8.03. The summed E-state index contributed by atoms with van der Waals surface area (Å²) in [4.78, 5) is 33.1. The van der Waals surface area contributed by atoms with Crippen molar-refractivity contribution in [3.05, 3.63) is 39.4 Å². The minimum atomic E-state index is -0.219. The topological polar surface area (TPSA) is 70.5 Å². The van der Waals surface area contributed by atoms with Crippen LogP contribution in [0, 0.1) is 12.1 Å². The molecule has 0 aliphatic carbocycles. The number of nitrogens with zero attached hydrogens (tertiary/aromatic N) is 4. The van der Waals surface area contributed by atoms with Crippen molar-refractivity contribution in [2.45, 2.75) is 84.0 Å². The number of hydrogen-bond donors (Lipinski definition) is 1.